The first-order chi connectivity index (χ1) is 19.2. The molecule has 0 bridgehead atoms. The molecule has 0 N–H and O–H groups in total. The van der Waals surface area contributed by atoms with Gasteiger partial charge in [-0.25, -0.2) is 0 Å². The van der Waals surface area contributed by atoms with Crippen molar-refractivity contribution in [3.05, 3.63) is 0 Å². The Morgan fingerprint density at radius 2 is 0.348 bits per heavy atom. The van der Waals surface area contributed by atoms with Crippen molar-refractivity contribution in [1.82, 2.24) is 4.96 Å². The number of rotatable bonds is 9. The van der Waals surface area contributed by atoms with Crippen molar-refractivity contribution in [3.8, 4) is 0 Å². The van der Waals surface area contributed by atoms with Gasteiger partial charge in [0.2, 0.25) is 0 Å². The predicted octanol–water partition coefficient (Wildman–Crippen LogP) is 0.975. The zero-order chi connectivity index (χ0) is 38.3. The molecule has 15 nitrogen and oxygen atoms in total. The Morgan fingerprint density at radius 1 is 0.261 bits per heavy atom. The molecule has 0 aliphatic heterocycles. The van der Waals surface area contributed by atoms with Gasteiger partial charge in [0.1, 0.15) is 0 Å². The fraction of sp³-hybridized carbons (Fsp3) is 1.00. The average Bonchev–Trinajstić information content (AvgIpc) is 2.67. The van der Waals surface area contributed by atoms with Gasteiger partial charge in [-0.15, -0.1) is 0 Å². The van der Waals surface area contributed by atoms with E-state index in [1.54, 1.807) is 0 Å². The van der Waals surface area contributed by atoms with Gasteiger partial charge in [-0.1, -0.05) is 0 Å². The molecule has 0 unspecified atom stereocenters. The number of hydrogen-bond acceptors (Lipinski definition) is 12. The number of nitrogens with zero attached hydrogens (tertiary/aromatic N) is 3. The topological polar surface area (TPSA) is 215 Å². The van der Waals surface area contributed by atoms with E-state index in [-0.39, 0.29) is 0 Å². The Morgan fingerprint density at radius 3 is 0.413 bits per heavy atom. The molecule has 0 amide bonds. The molecule has 0 atom stereocenters. The van der Waals surface area contributed by atoms with Crippen LogP contribution in [0.3, 0.4) is 0 Å². The summed E-state index contributed by atoms with van der Waals surface area (Å²) < 4.78 is 367. The molecule has 0 saturated carbocycles. The Labute approximate surface area is 249 Å². The van der Waals surface area contributed by atoms with Gasteiger partial charge in [0.15, 0.2) is 0 Å². The van der Waals surface area contributed by atoms with Gasteiger partial charge >= 0.3 is 250 Å². The summed E-state index contributed by atoms with van der Waals surface area (Å²) in [6.07, 6.45) is 0. The molecule has 0 aromatic carbocycles. The molecule has 0 rings (SSSR count). The zero-order valence-corrected chi connectivity index (χ0v) is 27.3. The second kappa shape index (κ2) is 11.9. The third-order valence-electron chi connectivity index (χ3n) is 3.43. The summed E-state index contributed by atoms with van der Waals surface area (Å²) in [7, 11) is -58.1. The van der Waals surface area contributed by atoms with E-state index in [0.29, 0.717) is 0 Å². The fourth-order valence-electron chi connectivity index (χ4n) is 1.67. The molecule has 0 heterocycles. The first-order valence-electron chi connectivity index (χ1n) is 8.32. The van der Waals surface area contributed by atoms with Crippen LogP contribution in [0.4, 0.5) is 79.0 Å². The Hall–Kier alpha value is -0.797. The van der Waals surface area contributed by atoms with Crippen molar-refractivity contribution in [2.75, 3.05) is 0 Å². The molecular formula is C6BiF18N3O12S6. The van der Waals surface area contributed by atoms with Crippen LogP contribution in [0.1, 0.15) is 0 Å². The summed E-state index contributed by atoms with van der Waals surface area (Å²) in [5, 5.41) is 0. The molecule has 0 radical (unpaired) electrons. The van der Waals surface area contributed by atoms with Gasteiger partial charge in [-0.2, -0.15) is 0 Å². The molecule has 0 aliphatic carbocycles. The van der Waals surface area contributed by atoms with E-state index in [1.165, 1.54) is 0 Å². The minimum atomic E-state index is -11.4. The van der Waals surface area contributed by atoms with Gasteiger partial charge in [0, 0.05) is 0 Å². The normalized spacial score (nSPS) is 16.6. The molecule has 0 saturated heterocycles. The van der Waals surface area contributed by atoms with Gasteiger partial charge in [-0.05, 0) is 0 Å². The van der Waals surface area contributed by atoms with Crippen LogP contribution < -0.4 is 0 Å². The summed E-state index contributed by atoms with van der Waals surface area (Å²) in [5.74, 6) is 0. The maximum absolute atomic E-state index is 13.3. The summed E-state index contributed by atoms with van der Waals surface area (Å²) in [6, 6.07) is 0. The fourth-order valence-corrected chi connectivity index (χ4v) is 42.4. The summed E-state index contributed by atoms with van der Waals surface area (Å²) in [4.78, 5) is 0. The van der Waals surface area contributed by atoms with Crippen LogP contribution in [0.5, 0.6) is 0 Å². The van der Waals surface area contributed by atoms with E-state index in [0.717, 1.165) is 0 Å². The van der Waals surface area contributed by atoms with Gasteiger partial charge in [0.05, 0.1) is 0 Å². The standard InChI is InChI=1S/3C2F6NO4S2.Bi/c3*3-1(4,5)14(10,11)9-15(12,13)2(6,7)8;/q3*-1;+3. The summed E-state index contributed by atoms with van der Waals surface area (Å²) >= 11 is -11.4. The van der Waals surface area contributed by atoms with Crippen LogP contribution in [0.2, 0.25) is 0 Å². The number of alkyl halides is 18. The maximum atomic E-state index is 13.3. The van der Waals surface area contributed by atoms with Crippen LogP contribution in [0.25, 0.3) is 0 Å². The third-order valence-corrected chi connectivity index (χ3v) is 39.1. The van der Waals surface area contributed by atoms with E-state index < -0.39 is 121 Å². The molecular weight excluding hydrogens is 1050 g/mol. The molecule has 0 aromatic rings. The summed E-state index contributed by atoms with van der Waals surface area (Å²) in [6.45, 7) is 0. The second-order valence-electron chi connectivity index (χ2n) is 6.51. The van der Waals surface area contributed by atoms with Gasteiger partial charge in [0.25, 0.3) is 0 Å². The van der Waals surface area contributed by atoms with Crippen molar-refractivity contribution < 1.29 is 130 Å². The van der Waals surface area contributed by atoms with Crippen LogP contribution in [-0.2, 0) is 60.1 Å². The van der Waals surface area contributed by atoms with E-state index in [4.69, 9.17) is 0 Å². The molecule has 0 aliphatic rings. The molecule has 0 fully saturated rings. The molecule has 0 aromatic heterocycles. The zero-order valence-electron chi connectivity index (χ0n) is 18.9. The van der Waals surface area contributed by atoms with Crippen molar-refractivity contribution in [2.24, 2.45) is 0 Å². The SMILES string of the molecule is O=S(=O)([N]([Bi]([N](S(=O)(=O)C(F)(F)F)S(=O)(=O)C(F)(F)F)[N](S(=O)(=O)C(F)(F)F)S(=O)(=O)C(F)(F)F)S(=O)(=O)C(F)(F)F)C(F)(F)F. The second-order valence-corrected chi connectivity index (χ2v) is 31.3. The monoisotopic (exact) mass is 1050 g/mol. The number of hydrogen-bond donors (Lipinski definition) is 0. The Kier molecular flexibility index (Phi) is 11.7. The first-order valence-corrected chi connectivity index (χ1v) is 21.6. The molecule has 278 valence electrons. The van der Waals surface area contributed by atoms with Crippen molar-refractivity contribution in [2.45, 2.75) is 33.0 Å². The van der Waals surface area contributed by atoms with E-state index in [1.807, 2.05) is 0 Å². The summed E-state index contributed by atoms with van der Waals surface area (Å²) in [5.41, 5.74) is -49.6. The van der Waals surface area contributed by atoms with Crippen molar-refractivity contribution >= 4 is 82.8 Å². The Balaban J connectivity index is 10.0. The van der Waals surface area contributed by atoms with Gasteiger partial charge in [-0.3, -0.25) is 0 Å². The average molecular weight is 1050 g/mol. The molecule has 46 heavy (non-hydrogen) atoms. The van der Waals surface area contributed by atoms with E-state index in [9.17, 15) is 130 Å². The Bertz CT molecular complexity index is 1500. The van der Waals surface area contributed by atoms with Gasteiger partial charge < -0.3 is 0 Å². The van der Waals surface area contributed by atoms with Crippen LogP contribution in [0, 0.1) is 0 Å². The minimum absolute atomic E-state index is 4.60. The molecule has 40 heteroatoms. The van der Waals surface area contributed by atoms with E-state index >= 15 is 0 Å². The van der Waals surface area contributed by atoms with Crippen LogP contribution in [0.15, 0.2) is 0 Å². The number of sulfonamides is 6. The third kappa shape index (κ3) is 7.51. The van der Waals surface area contributed by atoms with Crippen LogP contribution >= 0.6 is 0 Å². The van der Waals surface area contributed by atoms with Crippen molar-refractivity contribution in [3.63, 3.8) is 0 Å². The van der Waals surface area contributed by atoms with Crippen LogP contribution in [-0.4, -0.2) is 111 Å². The van der Waals surface area contributed by atoms with Crippen molar-refractivity contribution in [1.29, 1.82) is 0 Å². The molecule has 0 spiro atoms. The first kappa shape index (κ1) is 45.2. The van der Waals surface area contributed by atoms with E-state index in [2.05, 4.69) is 0 Å². The number of halogens is 18. The quantitative estimate of drug-likeness (QED) is 0.234. The predicted molar refractivity (Wildman–Crippen MR) is 101 cm³/mol.